The lowest BCUT2D eigenvalue weighted by molar-refractivity contribution is -0.138. The highest BCUT2D eigenvalue weighted by atomic mass is 32.2. The van der Waals surface area contributed by atoms with E-state index in [-0.39, 0.29) is 17.3 Å². The van der Waals surface area contributed by atoms with Crippen molar-refractivity contribution >= 4 is 15.9 Å². The van der Waals surface area contributed by atoms with Crippen LogP contribution in [-0.2, 0) is 14.8 Å². The fourth-order valence-electron chi connectivity index (χ4n) is 3.80. The molecule has 1 aromatic carbocycles. The van der Waals surface area contributed by atoms with Crippen LogP contribution in [0.2, 0.25) is 0 Å². The molecule has 1 aliphatic carbocycles. The molecule has 2 aliphatic rings. The van der Waals surface area contributed by atoms with Crippen molar-refractivity contribution in [2.24, 2.45) is 5.73 Å². The van der Waals surface area contributed by atoms with E-state index in [1.54, 1.807) is 4.90 Å². The van der Waals surface area contributed by atoms with Gasteiger partial charge in [-0.05, 0) is 43.5 Å². The van der Waals surface area contributed by atoms with Crippen LogP contribution in [0.15, 0.2) is 29.2 Å². The van der Waals surface area contributed by atoms with Gasteiger partial charge in [-0.25, -0.2) is 12.8 Å². The van der Waals surface area contributed by atoms with Gasteiger partial charge in [0.1, 0.15) is 5.82 Å². The molecule has 8 heteroatoms. The molecule has 1 aromatic rings. The Balaban J connectivity index is 1.70. The van der Waals surface area contributed by atoms with Crippen molar-refractivity contribution in [3.05, 3.63) is 30.1 Å². The van der Waals surface area contributed by atoms with E-state index in [0.717, 1.165) is 31.4 Å². The molecule has 0 radical (unpaired) electrons. The van der Waals surface area contributed by atoms with Gasteiger partial charge in [0.2, 0.25) is 15.9 Å². The van der Waals surface area contributed by atoms with Crippen LogP contribution in [-0.4, -0.2) is 55.2 Å². The van der Waals surface area contributed by atoms with Gasteiger partial charge in [-0.15, -0.1) is 0 Å². The van der Waals surface area contributed by atoms with Crippen molar-refractivity contribution in [1.29, 1.82) is 0 Å². The van der Waals surface area contributed by atoms with Gasteiger partial charge in [0, 0.05) is 26.2 Å². The molecule has 2 N–H and O–H groups in total. The summed E-state index contributed by atoms with van der Waals surface area (Å²) in [5.41, 5.74) is 5.55. The molecule has 2 fully saturated rings. The Kier molecular flexibility index (Phi) is 5.64. The van der Waals surface area contributed by atoms with Crippen molar-refractivity contribution in [1.82, 2.24) is 9.21 Å². The molecule has 0 spiro atoms. The molecule has 0 unspecified atom stereocenters. The summed E-state index contributed by atoms with van der Waals surface area (Å²) in [4.78, 5) is 14.7. The summed E-state index contributed by atoms with van der Waals surface area (Å²) in [6.07, 6.45) is 4.97. The summed E-state index contributed by atoms with van der Waals surface area (Å²) in [7, 11) is -3.69. The fourth-order valence-corrected chi connectivity index (χ4v) is 5.27. The molecule has 0 aromatic heterocycles. The highest BCUT2D eigenvalue weighted by Gasteiger charge is 2.39. The van der Waals surface area contributed by atoms with Gasteiger partial charge in [0.05, 0.1) is 10.4 Å². The Morgan fingerprint density at radius 3 is 2.27 bits per heavy atom. The molecule has 0 bridgehead atoms. The van der Waals surface area contributed by atoms with E-state index < -0.39 is 21.4 Å². The first-order valence-corrected chi connectivity index (χ1v) is 10.6. The molecule has 1 heterocycles. The molecule has 3 rings (SSSR count). The number of nitrogens with zero attached hydrogens (tertiary/aromatic N) is 2. The predicted octanol–water partition coefficient (Wildman–Crippen LogP) is 1.71. The summed E-state index contributed by atoms with van der Waals surface area (Å²) in [6, 6.07) is 4.83. The summed E-state index contributed by atoms with van der Waals surface area (Å²) in [5, 5.41) is 0. The van der Waals surface area contributed by atoms with Gasteiger partial charge in [-0.3, -0.25) is 4.79 Å². The Morgan fingerprint density at radius 2 is 1.62 bits per heavy atom. The number of nitrogens with two attached hydrogens (primary N) is 1. The maximum Gasteiger partial charge on any atom is 0.243 e. The first-order chi connectivity index (χ1) is 12.3. The molecule has 144 valence electrons. The van der Waals surface area contributed by atoms with Crippen molar-refractivity contribution in [3.63, 3.8) is 0 Å². The number of sulfonamides is 1. The van der Waals surface area contributed by atoms with Gasteiger partial charge < -0.3 is 10.6 Å². The second-order valence-corrected chi connectivity index (χ2v) is 9.16. The second-order valence-electron chi connectivity index (χ2n) is 7.22. The first kappa shape index (κ1) is 19.3. The van der Waals surface area contributed by atoms with E-state index in [1.165, 1.54) is 16.4 Å². The van der Waals surface area contributed by atoms with Crippen LogP contribution in [0.4, 0.5) is 4.39 Å². The average molecular weight is 383 g/mol. The maximum absolute atomic E-state index is 13.1. The van der Waals surface area contributed by atoms with Crippen LogP contribution in [0.3, 0.4) is 0 Å². The van der Waals surface area contributed by atoms with Gasteiger partial charge >= 0.3 is 0 Å². The van der Waals surface area contributed by atoms with Crippen LogP contribution >= 0.6 is 0 Å². The molecule has 6 nitrogen and oxygen atoms in total. The third kappa shape index (κ3) is 3.92. The minimum atomic E-state index is -3.69. The van der Waals surface area contributed by atoms with Crippen LogP contribution < -0.4 is 5.73 Å². The Hall–Kier alpha value is -1.51. The molecule has 26 heavy (non-hydrogen) atoms. The van der Waals surface area contributed by atoms with Crippen LogP contribution in [0.5, 0.6) is 0 Å². The summed E-state index contributed by atoms with van der Waals surface area (Å²) < 4.78 is 40.0. The van der Waals surface area contributed by atoms with Crippen LogP contribution in [0.1, 0.15) is 38.5 Å². The zero-order chi connectivity index (χ0) is 18.8. The summed E-state index contributed by atoms with van der Waals surface area (Å²) in [6.45, 7) is 1.40. The monoisotopic (exact) mass is 383 g/mol. The largest absolute Gasteiger partial charge is 0.340 e. The number of rotatable bonds is 3. The molecule has 1 amide bonds. The highest BCUT2D eigenvalue weighted by Crippen LogP contribution is 2.28. The van der Waals surface area contributed by atoms with Crippen molar-refractivity contribution in [2.45, 2.75) is 49.0 Å². The maximum atomic E-state index is 13.1. The average Bonchev–Trinajstić information content (AvgIpc) is 2.88. The lowest BCUT2D eigenvalue weighted by Crippen LogP contribution is -2.56. The number of carbonyl (C=O) groups is 1. The van der Waals surface area contributed by atoms with Gasteiger partial charge in [-0.1, -0.05) is 19.3 Å². The molecule has 1 saturated carbocycles. The lowest BCUT2D eigenvalue weighted by atomic mass is 9.81. The van der Waals surface area contributed by atoms with Crippen molar-refractivity contribution in [3.8, 4) is 0 Å². The van der Waals surface area contributed by atoms with E-state index in [1.807, 2.05) is 0 Å². The van der Waals surface area contributed by atoms with Crippen molar-refractivity contribution < 1.29 is 17.6 Å². The second kappa shape index (κ2) is 7.62. The molecule has 1 aliphatic heterocycles. The zero-order valence-corrected chi connectivity index (χ0v) is 15.7. The Bertz CT molecular complexity index is 745. The quantitative estimate of drug-likeness (QED) is 0.861. The van der Waals surface area contributed by atoms with Crippen LogP contribution in [0.25, 0.3) is 0 Å². The zero-order valence-electron chi connectivity index (χ0n) is 14.9. The van der Waals surface area contributed by atoms with Crippen molar-refractivity contribution in [2.75, 3.05) is 26.2 Å². The van der Waals surface area contributed by atoms with E-state index in [2.05, 4.69) is 0 Å². The molecule has 1 saturated heterocycles. The van der Waals surface area contributed by atoms with Gasteiger partial charge in [0.25, 0.3) is 0 Å². The van der Waals surface area contributed by atoms with Gasteiger partial charge in [0.15, 0.2) is 0 Å². The molecular formula is C18H26FN3O3S. The number of carbonyl (C=O) groups excluding carboxylic acids is 1. The Morgan fingerprint density at radius 1 is 0.962 bits per heavy atom. The minimum Gasteiger partial charge on any atom is -0.340 e. The number of hydrogen-bond donors (Lipinski definition) is 1. The summed E-state index contributed by atoms with van der Waals surface area (Å²) in [5.74, 6) is -0.532. The third-order valence-electron chi connectivity index (χ3n) is 5.37. The normalized spacial score (nSPS) is 22.0. The first-order valence-electron chi connectivity index (χ1n) is 9.17. The number of benzene rings is 1. The number of amides is 1. The molecular weight excluding hydrogens is 357 g/mol. The van der Waals surface area contributed by atoms with E-state index >= 15 is 0 Å². The van der Waals surface area contributed by atoms with E-state index in [0.29, 0.717) is 38.9 Å². The minimum absolute atomic E-state index is 0.0572. The molecule has 0 atom stereocenters. The fraction of sp³-hybridized carbons (Fsp3) is 0.611. The topological polar surface area (TPSA) is 83.7 Å². The predicted molar refractivity (Wildman–Crippen MR) is 96.4 cm³/mol. The SMILES string of the molecule is NC1(C(=O)N2CCCN(S(=O)(=O)c3ccc(F)cc3)CC2)CCCCC1. The smallest absolute Gasteiger partial charge is 0.243 e. The number of hydrogen-bond acceptors (Lipinski definition) is 4. The van der Waals surface area contributed by atoms with Crippen LogP contribution in [0, 0.1) is 5.82 Å². The Labute approximate surface area is 154 Å². The number of halogens is 1. The van der Waals surface area contributed by atoms with E-state index in [4.69, 9.17) is 5.73 Å². The summed E-state index contributed by atoms with van der Waals surface area (Å²) >= 11 is 0. The lowest BCUT2D eigenvalue weighted by Gasteiger charge is -2.36. The standard InChI is InChI=1S/C18H26FN3O3S/c19-15-5-7-16(8-6-15)26(24,25)22-12-4-11-21(13-14-22)17(23)18(20)9-2-1-3-10-18/h5-8H,1-4,9-14,20H2. The van der Waals surface area contributed by atoms with Gasteiger partial charge in [-0.2, -0.15) is 4.31 Å². The third-order valence-corrected chi connectivity index (χ3v) is 7.28. The van der Waals surface area contributed by atoms with E-state index in [9.17, 15) is 17.6 Å². The highest BCUT2D eigenvalue weighted by molar-refractivity contribution is 7.89.